The van der Waals surface area contributed by atoms with E-state index in [1.807, 2.05) is 0 Å². The van der Waals surface area contributed by atoms with E-state index in [9.17, 15) is 4.39 Å². The van der Waals surface area contributed by atoms with E-state index in [1.165, 1.54) is 19.4 Å². The summed E-state index contributed by atoms with van der Waals surface area (Å²) in [5.41, 5.74) is 0. The Hall–Kier alpha value is -1.16. The Morgan fingerprint density at radius 1 is 1.55 bits per heavy atom. The number of halogens is 1. The standard InChI is InChI=1S/C7H8FNO2/c1-10-5-11-7-2-6(8)3-9-4-7/h2-4H,5H2,1H3. The van der Waals surface area contributed by atoms with Crippen molar-refractivity contribution < 1.29 is 13.9 Å². The van der Waals surface area contributed by atoms with E-state index in [2.05, 4.69) is 9.72 Å². The van der Waals surface area contributed by atoms with Crippen molar-refractivity contribution in [2.24, 2.45) is 0 Å². The molecule has 0 unspecified atom stereocenters. The van der Waals surface area contributed by atoms with Crippen molar-refractivity contribution in [1.29, 1.82) is 0 Å². The van der Waals surface area contributed by atoms with E-state index in [0.717, 1.165) is 6.20 Å². The molecule has 1 heterocycles. The summed E-state index contributed by atoms with van der Waals surface area (Å²) in [5.74, 6) is -0.0505. The molecule has 0 N–H and O–H groups in total. The molecular weight excluding hydrogens is 149 g/mol. The fourth-order valence-electron chi connectivity index (χ4n) is 0.598. The molecule has 60 valence electrons. The number of hydrogen-bond donors (Lipinski definition) is 0. The molecule has 0 bridgehead atoms. The monoisotopic (exact) mass is 157 g/mol. The fourth-order valence-corrected chi connectivity index (χ4v) is 0.598. The summed E-state index contributed by atoms with van der Waals surface area (Å²) in [7, 11) is 1.49. The number of aromatic nitrogens is 1. The lowest BCUT2D eigenvalue weighted by molar-refractivity contribution is 0.0506. The molecule has 3 nitrogen and oxygen atoms in total. The second-order valence-corrected chi connectivity index (χ2v) is 1.89. The Balaban J connectivity index is 2.56. The second kappa shape index (κ2) is 3.88. The van der Waals surface area contributed by atoms with Gasteiger partial charge in [-0.2, -0.15) is 0 Å². The average Bonchev–Trinajstić information content (AvgIpc) is 2.01. The van der Waals surface area contributed by atoms with Crippen molar-refractivity contribution >= 4 is 0 Å². The van der Waals surface area contributed by atoms with Gasteiger partial charge >= 0.3 is 0 Å². The Labute approximate surface area is 63.8 Å². The fraction of sp³-hybridized carbons (Fsp3) is 0.286. The van der Waals surface area contributed by atoms with Crippen LogP contribution in [0.25, 0.3) is 0 Å². The van der Waals surface area contributed by atoms with Crippen LogP contribution in [-0.2, 0) is 4.74 Å². The number of pyridine rings is 1. The van der Waals surface area contributed by atoms with Crippen LogP contribution in [0.3, 0.4) is 0 Å². The lowest BCUT2D eigenvalue weighted by Gasteiger charge is -2.02. The van der Waals surface area contributed by atoms with E-state index >= 15 is 0 Å². The summed E-state index contributed by atoms with van der Waals surface area (Å²) in [5, 5.41) is 0. The molecule has 0 fully saturated rings. The highest BCUT2D eigenvalue weighted by Crippen LogP contribution is 2.08. The average molecular weight is 157 g/mol. The Morgan fingerprint density at radius 2 is 2.36 bits per heavy atom. The van der Waals surface area contributed by atoms with Gasteiger partial charge in [-0.25, -0.2) is 4.39 Å². The molecule has 1 aromatic heterocycles. The van der Waals surface area contributed by atoms with E-state index in [4.69, 9.17) is 4.74 Å². The van der Waals surface area contributed by atoms with Gasteiger partial charge in [0.2, 0.25) is 0 Å². The van der Waals surface area contributed by atoms with Gasteiger partial charge in [0.05, 0.1) is 12.4 Å². The molecule has 0 radical (unpaired) electrons. The zero-order valence-electron chi connectivity index (χ0n) is 6.08. The van der Waals surface area contributed by atoms with E-state index in [1.54, 1.807) is 0 Å². The van der Waals surface area contributed by atoms with Gasteiger partial charge in [0.1, 0.15) is 11.6 Å². The molecule has 0 aromatic carbocycles. The van der Waals surface area contributed by atoms with Crippen molar-refractivity contribution in [3.8, 4) is 5.75 Å². The van der Waals surface area contributed by atoms with Gasteiger partial charge in [0, 0.05) is 13.2 Å². The lowest BCUT2D eigenvalue weighted by Crippen LogP contribution is -1.99. The van der Waals surface area contributed by atoms with Gasteiger partial charge in [-0.3, -0.25) is 4.98 Å². The smallest absolute Gasteiger partial charge is 0.188 e. The first kappa shape index (κ1) is 7.94. The zero-order chi connectivity index (χ0) is 8.10. The first-order chi connectivity index (χ1) is 5.33. The summed E-state index contributed by atoms with van der Waals surface area (Å²) in [6, 6.07) is 1.24. The molecule has 4 heteroatoms. The van der Waals surface area contributed by atoms with Gasteiger partial charge < -0.3 is 9.47 Å². The third-order valence-electron chi connectivity index (χ3n) is 1.02. The molecule has 0 spiro atoms. The van der Waals surface area contributed by atoms with Gasteiger partial charge in [-0.15, -0.1) is 0 Å². The minimum atomic E-state index is -0.418. The third-order valence-corrected chi connectivity index (χ3v) is 1.02. The molecule has 0 saturated heterocycles. The first-order valence-electron chi connectivity index (χ1n) is 3.05. The molecule has 0 atom stereocenters. The van der Waals surface area contributed by atoms with Gasteiger partial charge in [-0.05, 0) is 0 Å². The molecule has 0 aliphatic heterocycles. The maximum atomic E-state index is 12.4. The summed E-state index contributed by atoms with van der Waals surface area (Å²) >= 11 is 0. The van der Waals surface area contributed by atoms with Crippen molar-refractivity contribution in [3.05, 3.63) is 24.3 Å². The Kier molecular flexibility index (Phi) is 2.80. The van der Waals surface area contributed by atoms with Gasteiger partial charge in [0.15, 0.2) is 6.79 Å². The molecule has 11 heavy (non-hydrogen) atoms. The van der Waals surface area contributed by atoms with E-state index in [-0.39, 0.29) is 6.79 Å². The van der Waals surface area contributed by atoms with Gasteiger partial charge in [0.25, 0.3) is 0 Å². The van der Waals surface area contributed by atoms with Crippen LogP contribution in [-0.4, -0.2) is 18.9 Å². The maximum Gasteiger partial charge on any atom is 0.188 e. The van der Waals surface area contributed by atoms with Crippen LogP contribution in [0, 0.1) is 5.82 Å². The van der Waals surface area contributed by atoms with Crippen LogP contribution in [0.4, 0.5) is 4.39 Å². The summed E-state index contributed by atoms with van der Waals surface area (Å²) < 4.78 is 21.9. The molecule has 1 aromatic rings. The second-order valence-electron chi connectivity index (χ2n) is 1.89. The van der Waals surface area contributed by atoms with Crippen LogP contribution in [0.15, 0.2) is 18.5 Å². The molecular formula is C7H8FNO2. The van der Waals surface area contributed by atoms with Crippen molar-refractivity contribution in [2.45, 2.75) is 0 Å². The SMILES string of the molecule is COCOc1cncc(F)c1. The highest BCUT2D eigenvalue weighted by atomic mass is 19.1. The molecule has 1 rings (SSSR count). The number of ether oxygens (including phenoxy) is 2. The third kappa shape index (κ3) is 2.51. The highest BCUT2D eigenvalue weighted by molar-refractivity contribution is 5.16. The van der Waals surface area contributed by atoms with Crippen LogP contribution >= 0.6 is 0 Å². The largest absolute Gasteiger partial charge is 0.466 e. The van der Waals surface area contributed by atoms with Crippen LogP contribution in [0.1, 0.15) is 0 Å². The van der Waals surface area contributed by atoms with Crippen LogP contribution < -0.4 is 4.74 Å². The van der Waals surface area contributed by atoms with E-state index in [0.29, 0.717) is 5.75 Å². The number of hydrogen-bond acceptors (Lipinski definition) is 3. The topological polar surface area (TPSA) is 31.4 Å². The normalized spacial score (nSPS) is 9.64. The molecule has 0 aliphatic carbocycles. The zero-order valence-corrected chi connectivity index (χ0v) is 6.08. The summed E-state index contributed by atoms with van der Waals surface area (Å²) in [6.07, 6.45) is 2.53. The highest BCUT2D eigenvalue weighted by Gasteiger charge is 1.94. The van der Waals surface area contributed by atoms with Crippen molar-refractivity contribution in [2.75, 3.05) is 13.9 Å². The quantitative estimate of drug-likeness (QED) is 0.618. The van der Waals surface area contributed by atoms with Crippen LogP contribution in [0.5, 0.6) is 5.75 Å². The van der Waals surface area contributed by atoms with Crippen molar-refractivity contribution in [3.63, 3.8) is 0 Å². The number of rotatable bonds is 3. The molecule has 0 aliphatic rings. The van der Waals surface area contributed by atoms with Crippen LogP contribution in [0.2, 0.25) is 0 Å². The maximum absolute atomic E-state index is 12.4. The minimum Gasteiger partial charge on any atom is -0.466 e. The number of nitrogens with zero attached hydrogens (tertiary/aromatic N) is 1. The minimum absolute atomic E-state index is 0.102. The lowest BCUT2D eigenvalue weighted by atomic mass is 10.4. The summed E-state index contributed by atoms with van der Waals surface area (Å²) in [4.78, 5) is 3.58. The molecule has 0 saturated carbocycles. The predicted octanol–water partition coefficient (Wildman–Crippen LogP) is 1.20. The van der Waals surface area contributed by atoms with Gasteiger partial charge in [-0.1, -0.05) is 0 Å². The number of methoxy groups -OCH3 is 1. The predicted molar refractivity (Wildman–Crippen MR) is 36.7 cm³/mol. The molecule has 0 amide bonds. The van der Waals surface area contributed by atoms with Crippen molar-refractivity contribution in [1.82, 2.24) is 4.98 Å². The Bertz CT molecular complexity index is 229. The Morgan fingerprint density at radius 3 is 3.00 bits per heavy atom. The first-order valence-corrected chi connectivity index (χ1v) is 3.05. The summed E-state index contributed by atoms with van der Waals surface area (Å²) in [6.45, 7) is 0.102. The van der Waals surface area contributed by atoms with E-state index < -0.39 is 5.82 Å².